The molecule has 2 aliphatic heterocycles. The summed E-state index contributed by atoms with van der Waals surface area (Å²) in [5.41, 5.74) is 3.12. The molecule has 2 saturated heterocycles. The molecule has 2 fully saturated rings. The van der Waals surface area contributed by atoms with E-state index in [-0.39, 0.29) is 34.6 Å². The Balaban J connectivity index is 2.06. The summed E-state index contributed by atoms with van der Waals surface area (Å²) in [5.74, 6) is 0.0992. The topological polar surface area (TPSA) is 66.8 Å². The Kier molecular flexibility index (Phi) is 5.49. The van der Waals surface area contributed by atoms with E-state index < -0.39 is 9.84 Å². The monoisotopic (exact) mass is 394 g/mol. The van der Waals surface area contributed by atoms with E-state index in [1.807, 2.05) is 50.8 Å². The van der Waals surface area contributed by atoms with E-state index in [1.165, 1.54) is 11.8 Å². The fourth-order valence-corrected chi connectivity index (χ4v) is 7.74. The molecule has 0 radical (unpaired) electrons. The molecular weight excluding hydrogens is 368 g/mol. The summed E-state index contributed by atoms with van der Waals surface area (Å²) in [6, 6.07) is 5.87. The largest absolute Gasteiger partial charge is 0.315 e. The molecule has 0 saturated carbocycles. The summed E-state index contributed by atoms with van der Waals surface area (Å²) in [4.78, 5) is 19.1. The smallest absolute Gasteiger partial charge is 0.251 e. The van der Waals surface area contributed by atoms with Gasteiger partial charge in [0.15, 0.2) is 15.0 Å². The molecule has 5 nitrogen and oxygen atoms in total. The second kappa shape index (κ2) is 7.35. The first kappa shape index (κ1) is 19.4. The number of carbonyl (C=O) groups is 1. The highest BCUT2D eigenvalue weighted by atomic mass is 32.2. The molecule has 0 unspecified atom stereocenters. The van der Waals surface area contributed by atoms with Crippen molar-refractivity contribution in [2.75, 3.05) is 16.4 Å². The van der Waals surface area contributed by atoms with Gasteiger partial charge in [0.05, 0.1) is 17.5 Å². The number of aliphatic imine (C=N–C) groups is 1. The molecular formula is C19H26N2O3S2. The maximum absolute atomic E-state index is 12.6. The molecule has 2 aliphatic rings. The first-order valence-corrected chi connectivity index (χ1v) is 11.8. The summed E-state index contributed by atoms with van der Waals surface area (Å²) >= 11 is 1.45. The summed E-state index contributed by atoms with van der Waals surface area (Å²) in [6.07, 6.45) is 1.53. The van der Waals surface area contributed by atoms with Gasteiger partial charge in [-0.15, -0.1) is 0 Å². The number of amides is 1. The lowest BCUT2D eigenvalue weighted by Gasteiger charge is -2.28. The summed E-state index contributed by atoms with van der Waals surface area (Å²) < 4.78 is 24.3. The van der Waals surface area contributed by atoms with E-state index in [0.29, 0.717) is 5.17 Å². The number of amidine groups is 1. The molecule has 0 spiro atoms. The number of hydrogen-bond acceptors (Lipinski definition) is 4. The third-order valence-corrected chi connectivity index (χ3v) is 8.50. The Morgan fingerprint density at radius 3 is 2.42 bits per heavy atom. The summed E-state index contributed by atoms with van der Waals surface area (Å²) in [5, 5.41) is 0.594. The lowest BCUT2D eigenvalue weighted by Crippen LogP contribution is -2.38. The van der Waals surface area contributed by atoms with Crippen LogP contribution in [-0.2, 0) is 14.6 Å². The summed E-state index contributed by atoms with van der Waals surface area (Å²) in [6.45, 7) is 8.03. The fourth-order valence-electron chi connectivity index (χ4n) is 3.84. The van der Waals surface area contributed by atoms with E-state index >= 15 is 0 Å². The minimum Gasteiger partial charge on any atom is -0.315 e. The quantitative estimate of drug-likeness (QED) is 0.783. The van der Waals surface area contributed by atoms with Crippen LogP contribution in [0.2, 0.25) is 0 Å². The number of nitrogens with zero attached hydrogens (tertiary/aromatic N) is 2. The summed E-state index contributed by atoms with van der Waals surface area (Å²) in [7, 11) is -3.05. The van der Waals surface area contributed by atoms with Gasteiger partial charge in [-0.2, -0.15) is 4.99 Å². The van der Waals surface area contributed by atoms with Gasteiger partial charge in [-0.1, -0.05) is 43.8 Å². The fraction of sp³-hybridized carbons (Fsp3) is 0.579. The van der Waals surface area contributed by atoms with Gasteiger partial charge in [0.1, 0.15) is 0 Å². The highest BCUT2D eigenvalue weighted by Gasteiger charge is 2.50. The number of carbonyl (C=O) groups excluding carboxylic acids is 1. The zero-order valence-electron chi connectivity index (χ0n) is 15.7. The van der Waals surface area contributed by atoms with Crippen LogP contribution in [0, 0.1) is 19.8 Å². The van der Waals surface area contributed by atoms with E-state index in [2.05, 4.69) is 4.99 Å². The molecule has 1 amide bonds. The lowest BCUT2D eigenvalue weighted by molar-refractivity contribution is -0.121. The molecule has 0 aliphatic carbocycles. The molecule has 1 aromatic rings. The van der Waals surface area contributed by atoms with Crippen molar-refractivity contribution in [1.29, 1.82) is 0 Å². The second-order valence-electron chi connectivity index (χ2n) is 7.16. The van der Waals surface area contributed by atoms with E-state index in [9.17, 15) is 13.2 Å². The minimum absolute atomic E-state index is 0.0627. The number of benzene rings is 1. The maximum Gasteiger partial charge on any atom is 0.251 e. The minimum atomic E-state index is -3.05. The molecule has 2 heterocycles. The van der Waals surface area contributed by atoms with Gasteiger partial charge in [0.2, 0.25) is 0 Å². The van der Waals surface area contributed by atoms with Gasteiger partial charge in [0, 0.05) is 16.9 Å². The van der Waals surface area contributed by atoms with Crippen LogP contribution in [0.3, 0.4) is 0 Å². The van der Waals surface area contributed by atoms with Crippen LogP contribution in [0.5, 0.6) is 0 Å². The Bertz CT molecular complexity index is 824. The number of thioether (sulfide) groups is 1. The second-order valence-corrected chi connectivity index (χ2v) is 10.5. The molecule has 0 aromatic heterocycles. The Labute approximate surface area is 160 Å². The molecule has 0 bridgehead atoms. The number of aryl methyl sites for hydroxylation is 2. The SMILES string of the molecule is CCC(CC)C(=O)N=C1S[C@@H]2CS(=O)(=O)C[C@@H]2N1c1c(C)cccc1C. The van der Waals surface area contributed by atoms with Crippen molar-refractivity contribution < 1.29 is 13.2 Å². The average Bonchev–Trinajstić information content (AvgIpc) is 3.01. The van der Waals surface area contributed by atoms with Crippen LogP contribution in [0.4, 0.5) is 5.69 Å². The normalized spacial score (nSPS) is 25.9. The van der Waals surface area contributed by atoms with Crippen molar-refractivity contribution in [1.82, 2.24) is 0 Å². The zero-order chi connectivity index (χ0) is 19.1. The number of fused-ring (bicyclic) bond motifs is 1. The van der Waals surface area contributed by atoms with Gasteiger partial charge in [-0.05, 0) is 37.8 Å². The zero-order valence-corrected chi connectivity index (χ0v) is 17.4. The third-order valence-electron chi connectivity index (χ3n) is 5.29. The first-order chi connectivity index (χ1) is 12.3. The van der Waals surface area contributed by atoms with Crippen LogP contribution in [0.15, 0.2) is 23.2 Å². The number of rotatable bonds is 4. The molecule has 0 N–H and O–H groups in total. The molecule has 7 heteroatoms. The number of anilines is 1. The Hall–Kier alpha value is -1.34. The molecule has 3 rings (SSSR count). The number of sulfone groups is 1. The van der Waals surface area contributed by atoms with Crippen molar-refractivity contribution in [3.63, 3.8) is 0 Å². The average molecular weight is 395 g/mol. The lowest BCUT2D eigenvalue weighted by atomic mass is 10.0. The van der Waals surface area contributed by atoms with E-state index in [4.69, 9.17) is 0 Å². The standard InChI is InChI=1S/C19H26N2O3S2/c1-5-14(6-2)18(22)20-19-21(17-12(3)8-7-9-13(17)4)15-10-26(23,24)11-16(15)25-19/h7-9,14-16H,5-6,10-11H2,1-4H3/t15-,16+/m0/s1. The number of hydrogen-bond donors (Lipinski definition) is 0. The van der Waals surface area contributed by atoms with Gasteiger partial charge in [-0.25, -0.2) is 8.42 Å². The highest BCUT2D eigenvalue weighted by molar-refractivity contribution is 8.16. The van der Waals surface area contributed by atoms with Crippen LogP contribution in [0.1, 0.15) is 37.8 Å². The molecule has 26 heavy (non-hydrogen) atoms. The van der Waals surface area contributed by atoms with E-state index in [1.54, 1.807) is 0 Å². The maximum atomic E-state index is 12.6. The Morgan fingerprint density at radius 1 is 1.23 bits per heavy atom. The van der Waals surface area contributed by atoms with Crippen molar-refractivity contribution >= 4 is 38.4 Å². The van der Waals surface area contributed by atoms with Crippen LogP contribution in [-0.4, -0.2) is 42.3 Å². The van der Waals surface area contributed by atoms with Crippen LogP contribution >= 0.6 is 11.8 Å². The van der Waals surface area contributed by atoms with Crippen LogP contribution in [0.25, 0.3) is 0 Å². The third kappa shape index (κ3) is 3.56. The highest BCUT2D eigenvalue weighted by Crippen LogP contribution is 2.43. The van der Waals surface area contributed by atoms with Crippen molar-refractivity contribution in [2.24, 2.45) is 10.9 Å². The molecule has 142 valence electrons. The van der Waals surface area contributed by atoms with Crippen molar-refractivity contribution in [3.05, 3.63) is 29.3 Å². The predicted molar refractivity (Wildman–Crippen MR) is 109 cm³/mol. The van der Waals surface area contributed by atoms with Gasteiger partial charge >= 0.3 is 0 Å². The molecule has 2 atom stereocenters. The van der Waals surface area contributed by atoms with E-state index in [0.717, 1.165) is 29.7 Å². The van der Waals surface area contributed by atoms with Gasteiger partial charge < -0.3 is 4.90 Å². The van der Waals surface area contributed by atoms with Crippen LogP contribution < -0.4 is 4.90 Å². The van der Waals surface area contributed by atoms with Crippen molar-refractivity contribution in [2.45, 2.75) is 51.8 Å². The van der Waals surface area contributed by atoms with Gasteiger partial charge in [0.25, 0.3) is 5.91 Å². The number of para-hydroxylation sites is 1. The van der Waals surface area contributed by atoms with Gasteiger partial charge in [-0.3, -0.25) is 4.79 Å². The first-order valence-electron chi connectivity index (χ1n) is 9.12. The van der Waals surface area contributed by atoms with Crippen molar-refractivity contribution in [3.8, 4) is 0 Å². The predicted octanol–water partition coefficient (Wildman–Crippen LogP) is 3.34. The Morgan fingerprint density at radius 2 is 1.85 bits per heavy atom. The molecule has 1 aromatic carbocycles.